The Kier molecular flexibility index (Phi) is 3.54. The number of hydrogen-bond acceptors (Lipinski definition) is 3. The number of likely N-dealkylation sites (tertiary alicyclic amines) is 1. The van der Waals surface area contributed by atoms with E-state index in [1.54, 1.807) is 17.0 Å². The number of aromatic amines is 1. The molecule has 1 aliphatic rings. The molecular weight excluding hydrogens is 309 g/mol. The minimum absolute atomic E-state index is 0.238. The smallest absolute Gasteiger partial charge is 0.275 e. The van der Waals surface area contributed by atoms with Crippen molar-refractivity contribution in [2.75, 3.05) is 6.54 Å². The highest BCUT2D eigenvalue weighted by Crippen LogP contribution is 2.34. The lowest BCUT2D eigenvalue weighted by Crippen LogP contribution is -2.32. The van der Waals surface area contributed by atoms with E-state index in [4.69, 9.17) is 0 Å². The van der Waals surface area contributed by atoms with Crippen molar-refractivity contribution in [1.82, 2.24) is 15.1 Å². The molecule has 2 N–H and O–H groups in total. The van der Waals surface area contributed by atoms with Gasteiger partial charge in [-0.25, -0.2) is 4.39 Å². The number of nitrogens with one attached hydrogen (secondary N) is 1. The second-order valence-electron chi connectivity index (χ2n) is 6.03. The van der Waals surface area contributed by atoms with Crippen LogP contribution in [-0.2, 0) is 0 Å². The molecule has 2 atom stereocenters. The number of para-hydroxylation sites is 1. The monoisotopic (exact) mass is 325 g/mol. The van der Waals surface area contributed by atoms with Crippen molar-refractivity contribution in [3.8, 4) is 0 Å². The largest absolute Gasteiger partial charge is 0.391 e. The summed E-state index contributed by atoms with van der Waals surface area (Å²) in [6.45, 7) is 0.238. The van der Waals surface area contributed by atoms with E-state index in [1.807, 2.05) is 24.3 Å². The summed E-state index contributed by atoms with van der Waals surface area (Å²) in [4.78, 5) is 14.6. The zero-order valence-electron chi connectivity index (χ0n) is 12.8. The Balaban J connectivity index is 1.70. The number of halogens is 1. The van der Waals surface area contributed by atoms with E-state index in [2.05, 4.69) is 10.2 Å². The number of nitrogens with zero attached hydrogens (tertiary/aromatic N) is 2. The molecule has 0 spiro atoms. The molecule has 1 fully saturated rings. The highest BCUT2D eigenvalue weighted by molar-refractivity contribution is 6.04. The molecular formula is C18H16FN3O2. The lowest BCUT2D eigenvalue weighted by Gasteiger charge is -2.24. The fourth-order valence-electron chi connectivity index (χ4n) is 3.30. The molecule has 0 radical (unpaired) electrons. The summed E-state index contributed by atoms with van der Waals surface area (Å²) in [5, 5.41) is 17.8. The van der Waals surface area contributed by atoms with Crippen LogP contribution in [0.4, 0.5) is 4.39 Å². The van der Waals surface area contributed by atoms with Gasteiger partial charge in [0, 0.05) is 11.9 Å². The van der Waals surface area contributed by atoms with Gasteiger partial charge in [0.25, 0.3) is 5.91 Å². The van der Waals surface area contributed by atoms with Gasteiger partial charge in [0.2, 0.25) is 0 Å². The lowest BCUT2D eigenvalue weighted by molar-refractivity contribution is 0.0711. The van der Waals surface area contributed by atoms with Crippen molar-refractivity contribution < 1.29 is 14.3 Å². The minimum atomic E-state index is -0.603. The van der Waals surface area contributed by atoms with E-state index < -0.39 is 6.10 Å². The van der Waals surface area contributed by atoms with Crippen LogP contribution in [0.15, 0.2) is 48.5 Å². The van der Waals surface area contributed by atoms with Gasteiger partial charge in [0.05, 0.1) is 17.7 Å². The number of fused-ring (bicyclic) bond motifs is 1. The molecule has 5 nitrogen and oxygen atoms in total. The molecule has 0 saturated carbocycles. The maximum Gasteiger partial charge on any atom is 0.275 e. The molecule has 0 aliphatic carbocycles. The van der Waals surface area contributed by atoms with Crippen molar-refractivity contribution in [3.05, 3.63) is 65.6 Å². The second kappa shape index (κ2) is 5.72. The molecule has 4 rings (SSSR count). The highest BCUT2D eigenvalue weighted by Gasteiger charge is 2.37. The fraction of sp³-hybridized carbons (Fsp3) is 0.222. The summed E-state index contributed by atoms with van der Waals surface area (Å²) in [5.74, 6) is -0.563. The number of aliphatic hydroxyl groups is 1. The standard InChI is InChI=1S/C18H16FN3O2/c19-12-7-5-11(6-8-12)16-9-13(23)10-22(16)18(24)17-14-3-1-2-4-15(14)20-21-17/h1-8,13,16,23H,9-10H2,(H,20,21)/t13-,16-/m0/s1. The van der Waals surface area contributed by atoms with Crippen molar-refractivity contribution in [2.45, 2.75) is 18.6 Å². The van der Waals surface area contributed by atoms with Gasteiger partial charge in [0.1, 0.15) is 5.82 Å². The van der Waals surface area contributed by atoms with Gasteiger partial charge >= 0.3 is 0 Å². The number of H-pyrrole nitrogens is 1. The van der Waals surface area contributed by atoms with Crippen LogP contribution in [0.25, 0.3) is 10.9 Å². The van der Waals surface area contributed by atoms with Crippen LogP contribution in [0, 0.1) is 5.82 Å². The molecule has 1 amide bonds. The molecule has 0 unspecified atom stereocenters. The molecule has 1 aromatic heterocycles. The van der Waals surface area contributed by atoms with Crippen LogP contribution >= 0.6 is 0 Å². The Hall–Kier alpha value is -2.73. The number of rotatable bonds is 2. The highest BCUT2D eigenvalue weighted by atomic mass is 19.1. The summed E-state index contributed by atoms with van der Waals surface area (Å²) in [6, 6.07) is 13.2. The van der Waals surface area contributed by atoms with Crippen molar-refractivity contribution in [2.24, 2.45) is 0 Å². The number of hydrogen-bond donors (Lipinski definition) is 2. The first-order valence-corrected chi connectivity index (χ1v) is 7.81. The van der Waals surface area contributed by atoms with Crippen LogP contribution in [0.1, 0.15) is 28.5 Å². The number of aliphatic hydroxyl groups excluding tert-OH is 1. The average molecular weight is 325 g/mol. The zero-order chi connectivity index (χ0) is 16.7. The zero-order valence-corrected chi connectivity index (χ0v) is 12.8. The molecule has 24 heavy (non-hydrogen) atoms. The quantitative estimate of drug-likeness (QED) is 0.761. The van der Waals surface area contributed by atoms with Crippen molar-refractivity contribution in [1.29, 1.82) is 0 Å². The molecule has 0 bridgehead atoms. The van der Waals surface area contributed by atoms with Crippen LogP contribution in [0.3, 0.4) is 0 Å². The SMILES string of the molecule is O=C(c1n[nH]c2ccccc12)N1C[C@@H](O)C[C@H]1c1ccc(F)cc1. The summed E-state index contributed by atoms with van der Waals surface area (Å²) < 4.78 is 13.2. The van der Waals surface area contributed by atoms with Crippen LogP contribution in [0.2, 0.25) is 0 Å². The molecule has 2 aromatic carbocycles. The van der Waals surface area contributed by atoms with Gasteiger partial charge < -0.3 is 10.0 Å². The summed E-state index contributed by atoms with van der Waals surface area (Å²) >= 11 is 0. The van der Waals surface area contributed by atoms with Crippen LogP contribution < -0.4 is 0 Å². The fourth-order valence-corrected chi connectivity index (χ4v) is 3.30. The van der Waals surface area contributed by atoms with E-state index >= 15 is 0 Å². The third-order valence-corrected chi connectivity index (χ3v) is 4.47. The number of carbonyl (C=O) groups is 1. The third-order valence-electron chi connectivity index (χ3n) is 4.47. The normalized spacial score (nSPS) is 20.7. The summed E-state index contributed by atoms with van der Waals surface area (Å²) in [6.07, 6.45) is -0.172. The number of benzene rings is 2. The Bertz CT molecular complexity index is 891. The molecule has 3 aromatic rings. The van der Waals surface area contributed by atoms with E-state index in [0.717, 1.165) is 16.5 Å². The first-order valence-electron chi connectivity index (χ1n) is 7.81. The number of β-amino-alcohol motifs (C(OH)–C–C–N with tert-alkyl or cyclic N) is 1. The maximum atomic E-state index is 13.2. The Morgan fingerprint density at radius 3 is 2.75 bits per heavy atom. The predicted octanol–water partition coefficient (Wildman–Crippen LogP) is 2.65. The van der Waals surface area contributed by atoms with Crippen molar-refractivity contribution >= 4 is 16.8 Å². The van der Waals surface area contributed by atoms with E-state index in [-0.39, 0.29) is 24.3 Å². The lowest BCUT2D eigenvalue weighted by atomic mass is 10.0. The topological polar surface area (TPSA) is 69.2 Å². The van der Waals surface area contributed by atoms with Crippen LogP contribution in [-0.4, -0.2) is 38.8 Å². The van der Waals surface area contributed by atoms with Gasteiger partial charge in [-0.3, -0.25) is 9.89 Å². The van der Waals surface area contributed by atoms with E-state index in [9.17, 15) is 14.3 Å². The average Bonchev–Trinajstić information content (AvgIpc) is 3.19. The first-order chi connectivity index (χ1) is 11.6. The van der Waals surface area contributed by atoms with Crippen molar-refractivity contribution in [3.63, 3.8) is 0 Å². The molecule has 6 heteroatoms. The van der Waals surface area contributed by atoms with Gasteiger partial charge in [-0.2, -0.15) is 5.10 Å². The molecule has 122 valence electrons. The van der Waals surface area contributed by atoms with Gasteiger partial charge in [0.15, 0.2) is 5.69 Å². The maximum absolute atomic E-state index is 13.2. The summed E-state index contributed by atoms with van der Waals surface area (Å²) in [5.41, 5.74) is 1.94. The Morgan fingerprint density at radius 1 is 1.21 bits per heavy atom. The van der Waals surface area contributed by atoms with Gasteiger partial charge in [-0.1, -0.05) is 30.3 Å². The number of amides is 1. The summed E-state index contributed by atoms with van der Waals surface area (Å²) in [7, 11) is 0. The number of aromatic nitrogens is 2. The predicted molar refractivity (Wildman–Crippen MR) is 86.9 cm³/mol. The van der Waals surface area contributed by atoms with Gasteiger partial charge in [-0.15, -0.1) is 0 Å². The number of carbonyl (C=O) groups excluding carboxylic acids is 1. The van der Waals surface area contributed by atoms with E-state index in [1.165, 1.54) is 12.1 Å². The minimum Gasteiger partial charge on any atom is -0.391 e. The third kappa shape index (κ3) is 2.45. The van der Waals surface area contributed by atoms with E-state index in [0.29, 0.717) is 12.1 Å². The Labute approximate surface area is 137 Å². The molecule has 1 saturated heterocycles. The first kappa shape index (κ1) is 14.8. The Morgan fingerprint density at radius 2 is 1.96 bits per heavy atom. The molecule has 1 aliphatic heterocycles. The van der Waals surface area contributed by atoms with Crippen LogP contribution in [0.5, 0.6) is 0 Å². The van der Waals surface area contributed by atoms with Gasteiger partial charge in [-0.05, 0) is 30.2 Å². The second-order valence-corrected chi connectivity index (χ2v) is 6.03. The molecule has 2 heterocycles.